The quantitative estimate of drug-likeness (QED) is 0.912. The van der Waals surface area contributed by atoms with Crippen LogP contribution in [0.4, 0.5) is 5.95 Å². The SMILES string of the molecule is COc1nc(Cl)nc(NCC2CCC(C)CC2)n1. The first-order valence-corrected chi connectivity index (χ1v) is 6.74. The number of nitrogens with zero attached hydrogens (tertiary/aromatic N) is 3. The maximum atomic E-state index is 5.79. The molecule has 1 aromatic rings. The highest BCUT2D eigenvalue weighted by atomic mass is 35.5. The Labute approximate surface area is 112 Å². The van der Waals surface area contributed by atoms with Gasteiger partial charge in [-0.2, -0.15) is 15.0 Å². The van der Waals surface area contributed by atoms with Gasteiger partial charge < -0.3 is 10.1 Å². The zero-order valence-corrected chi connectivity index (χ0v) is 11.6. The molecule has 1 heterocycles. The van der Waals surface area contributed by atoms with E-state index in [0.29, 0.717) is 11.9 Å². The number of halogens is 1. The Hall–Kier alpha value is -1.10. The van der Waals surface area contributed by atoms with Crippen molar-refractivity contribution in [2.24, 2.45) is 11.8 Å². The van der Waals surface area contributed by atoms with Crippen LogP contribution < -0.4 is 10.1 Å². The molecule has 1 aliphatic carbocycles. The Morgan fingerprint density at radius 2 is 1.94 bits per heavy atom. The summed E-state index contributed by atoms with van der Waals surface area (Å²) in [5, 5.41) is 3.37. The van der Waals surface area contributed by atoms with Crippen molar-refractivity contribution in [2.45, 2.75) is 32.6 Å². The van der Waals surface area contributed by atoms with Crippen LogP contribution >= 0.6 is 11.6 Å². The smallest absolute Gasteiger partial charge is 0.322 e. The second-order valence-corrected chi connectivity index (χ2v) is 5.26. The van der Waals surface area contributed by atoms with Gasteiger partial charge in [0, 0.05) is 6.54 Å². The lowest BCUT2D eigenvalue weighted by atomic mass is 9.83. The van der Waals surface area contributed by atoms with Gasteiger partial charge in [0.15, 0.2) is 0 Å². The van der Waals surface area contributed by atoms with Gasteiger partial charge in [0.05, 0.1) is 7.11 Å². The van der Waals surface area contributed by atoms with Crippen molar-refractivity contribution in [3.63, 3.8) is 0 Å². The molecule has 0 aliphatic heterocycles. The molecule has 100 valence electrons. The third-order valence-corrected chi connectivity index (χ3v) is 3.62. The molecule has 1 fully saturated rings. The monoisotopic (exact) mass is 270 g/mol. The highest BCUT2D eigenvalue weighted by Gasteiger charge is 2.18. The third-order valence-electron chi connectivity index (χ3n) is 3.45. The first kappa shape index (κ1) is 13.3. The van der Waals surface area contributed by atoms with Crippen LogP contribution in [0.15, 0.2) is 0 Å². The summed E-state index contributed by atoms with van der Waals surface area (Å²) < 4.78 is 4.95. The summed E-state index contributed by atoms with van der Waals surface area (Å²) in [6.07, 6.45) is 5.16. The van der Waals surface area contributed by atoms with Crippen LogP contribution in [-0.4, -0.2) is 28.6 Å². The van der Waals surface area contributed by atoms with Gasteiger partial charge in [0.1, 0.15) is 0 Å². The average Bonchev–Trinajstić information content (AvgIpc) is 2.37. The van der Waals surface area contributed by atoms with E-state index in [2.05, 4.69) is 27.2 Å². The van der Waals surface area contributed by atoms with E-state index in [4.69, 9.17) is 16.3 Å². The molecule has 1 N–H and O–H groups in total. The van der Waals surface area contributed by atoms with E-state index in [1.165, 1.54) is 32.8 Å². The Balaban J connectivity index is 1.88. The molecular weight excluding hydrogens is 252 g/mol. The molecule has 1 aromatic heterocycles. The Bertz CT molecular complexity index is 394. The number of hydrogen-bond donors (Lipinski definition) is 1. The predicted molar refractivity (Wildman–Crippen MR) is 71.0 cm³/mol. The Morgan fingerprint density at radius 3 is 2.61 bits per heavy atom. The minimum Gasteiger partial charge on any atom is -0.467 e. The third kappa shape index (κ3) is 3.70. The van der Waals surface area contributed by atoms with E-state index in [1.807, 2.05) is 0 Å². The number of hydrogen-bond acceptors (Lipinski definition) is 5. The molecular formula is C12H19ClN4O. The molecule has 0 atom stereocenters. The summed E-state index contributed by atoms with van der Waals surface area (Å²) >= 11 is 5.79. The van der Waals surface area contributed by atoms with Gasteiger partial charge >= 0.3 is 6.01 Å². The van der Waals surface area contributed by atoms with Gasteiger partial charge in [0.25, 0.3) is 0 Å². The molecule has 0 unspecified atom stereocenters. The first-order chi connectivity index (χ1) is 8.67. The van der Waals surface area contributed by atoms with Crippen LogP contribution in [0, 0.1) is 11.8 Å². The maximum absolute atomic E-state index is 5.79. The van der Waals surface area contributed by atoms with Crippen molar-refractivity contribution in [1.82, 2.24) is 15.0 Å². The van der Waals surface area contributed by atoms with Crippen molar-refractivity contribution in [2.75, 3.05) is 19.0 Å². The maximum Gasteiger partial charge on any atom is 0.322 e. The zero-order chi connectivity index (χ0) is 13.0. The standard InChI is InChI=1S/C12H19ClN4O/c1-8-3-5-9(6-4-8)7-14-11-15-10(13)16-12(17-11)18-2/h8-9H,3-7H2,1-2H3,(H,14,15,16,17). The summed E-state index contributed by atoms with van der Waals surface area (Å²) in [5.41, 5.74) is 0. The molecule has 0 radical (unpaired) electrons. The van der Waals surface area contributed by atoms with Crippen molar-refractivity contribution in [1.29, 1.82) is 0 Å². The van der Waals surface area contributed by atoms with E-state index in [9.17, 15) is 0 Å². The van der Waals surface area contributed by atoms with E-state index in [1.54, 1.807) is 0 Å². The van der Waals surface area contributed by atoms with Gasteiger partial charge in [0.2, 0.25) is 11.2 Å². The van der Waals surface area contributed by atoms with Gasteiger partial charge in [-0.05, 0) is 36.3 Å². The van der Waals surface area contributed by atoms with Crippen molar-refractivity contribution in [3.05, 3.63) is 5.28 Å². The lowest BCUT2D eigenvalue weighted by Gasteiger charge is -2.26. The molecule has 5 nitrogen and oxygen atoms in total. The molecule has 2 rings (SSSR count). The number of nitrogens with one attached hydrogen (secondary N) is 1. The fourth-order valence-corrected chi connectivity index (χ4v) is 2.42. The summed E-state index contributed by atoms with van der Waals surface area (Å²) in [5.74, 6) is 2.06. The van der Waals surface area contributed by atoms with Gasteiger partial charge in [-0.1, -0.05) is 19.8 Å². The Morgan fingerprint density at radius 1 is 1.22 bits per heavy atom. The van der Waals surface area contributed by atoms with Gasteiger partial charge in [-0.3, -0.25) is 0 Å². The molecule has 0 amide bonds. The van der Waals surface area contributed by atoms with Crippen LogP contribution in [-0.2, 0) is 0 Å². The van der Waals surface area contributed by atoms with E-state index in [-0.39, 0.29) is 11.3 Å². The second kappa shape index (κ2) is 6.18. The van der Waals surface area contributed by atoms with E-state index < -0.39 is 0 Å². The van der Waals surface area contributed by atoms with Crippen LogP contribution in [0.1, 0.15) is 32.6 Å². The number of ether oxygens (including phenoxy) is 1. The largest absolute Gasteiger partial charge is 0.467 e. The van der Waals surface area contributed by atoms with Gasteiger partial charge in [-0.25, -0.2) is 0 Å². The molecule has 1 aliphatic rings. The number of aromatic nitrogens is 3. The summed E-state index contributed by atoms with van der Waals surface area (Å²) in [6, 6.07) is 0.245. The highest BCUT2D eigenvalue weighted by Crippen LogP contribution is 2.28. The number of anilines is 1. The first-order valence-electron chi connectivity index (χ1n) is 6.37. The van der Waals surface area contributed by atoms with Crippen LogP contribution in [0.25, 0.3) is 0 Å². The minimum absolute atomic E-state index is 0.154. The second-order valence-electron chi connectivity index (χ2n) is 4.92. The van der Waals surface area contributed by atoms with Crippen molar-refractivity contribution < 1.29 is 4.74 Å². The average molecular weight is 271 g/mol. The number of methoxy groups -OCH3 is 1. The lowest BCUT2D eigenvalue weighted by molar-refractivity contribution is 0.300. The van der Waals surface area contributed by atoms with E-state index in [0.717, 1.165) is 12.5 Å². The number of rotatable bonds is 4. The molecule has 0 bridgehead atoms. The minimum atomic E-state index is 0.154. The van der Waals surface area contributed by atoms with E-state index >= 15 is 0 Å². The fourth-order valence-electron chi connectivity index (χ4n) is 2.27. The van der Waals surface area contributed by atoms with Gasteiger partial charge in [-0.15, -0.1) is 0 Å². The van der Waals surface area contributed by atoms with Crippen LogP contribution in [0.5, 0.6) is 6.01 Å². The summed E-state index contributed by atoms with van der Waals surface area (Å²) in [4.78, 5) is 12.0. The topological polar surface area (TPSA) is 59.9 Å². The molecule has 1 saturated carbocycles. The molecule has 0 saturated heterocycles. The molecule has 18 heavy (non-hydrogen) atoms. The fraction of sp³-hybridized carbons (Fsp3) is 0.750. The van der Waals surface area contributed by atoms with Crippen molar-refractivity contribution in [3.8, 4) is 6.01 Å². The highest BCUT2D eigenvalue weighted by molar-refractivity contribution is 6.28. The zero-order valence-electron chi connectivity index (χ0n) is 10.8. The van der Waals surface area contributed by atoms with Crippen LogP contribution in [0.3, 0.4) is 0 Å². The summed E-state index contributed by atoms with van der Waals surface area (Å²) in [6.45, 7) is 3.20. The van der Waals surface area contributed by atoms with Crippen LogP contribution in [0.2, 0.25) is 5.28 Å². The van der Waals surface area contributed by atoms with Crippen molar-refractivity contribution >= 4 is 17.5 Å². The lowest BCUT2D eigenvalue weighted by Crippen LogP contribution is -2.21. The summed E-state index contributed by atoms with van der Waals surface area (Å²) in [7, 11) is 1.51. The predicted octanol–water partition coefficient (Wildman–Crippen LogP) is 2.77. The Kier molecular flexibility index (Phi) is 4.58. The normalized spacial score (nSPS) is 23.7. The molecule has 6 heteroatoms. The molecule has 0 spiro atoms. The molecule has 0 aromatic carbocycles.